The van der Waals surface area contributed by atoms with Crippen LogP contribution in [0, 0.1) is 5.92 Å². The van der Waals surface area contributed by atoms with E-state index in [0.29, 0.717) is 24.3 Å². The minimum Gasteiger partial charge on any atom is -0.476 e. The van der Waals surface area contributed by atoms with E-state index in [1.165, 1.54) is 18.5 Å². The SMILES string of the molecule is CC(C)(C)c1ccc(OCC2CCN(c3nccn4nc(C5CC5)cc34)CC2)nn1. The summed E-state index contributed by atoms with van der Waals surface area (Å²) in [5.74, 6) is 2.85. The van der Waals surface area contributed by atoms with Gasteiger partial charge in [0.2, 0.25) is 5.88 Å². The maximum absolute atomic E-state index is 5.94. The summed E-state index contributed by atoms with van der Waals surface area (Å²) < 4.78 is 7.93. The Morgan fingerprint density at radius 1 is 1.07 bits per heavy atom. The average Bonchev–Trinajstić information content (AvgIpc) is 3.50. The lowest BCUT2D eigenvalue weighted by molar-refractivity contribution is 0.213. The second-order valence-electron chi connectivity index (χ2n) is 9.67. The van der Waals surface area contributed by atoms with Crippen LogP contribution in [0.1, 0.15) is 63.8 Å². The first-order valence-electron chi connectivity index (χ1n) is 11.0. The number of piperidine rings is 1. The summed E-state index contributed by atoms with van der Waals surface area (Å²) in [5, 5.41) is 13.3. The van der Waals surface area contributed by atoms with Gasteiger partial charge in [0.1, 0.15) is 5.52 Å². The molecule has 0 atom stereocenters. The lowest BCUT2D eigenvalue weighted by Gasteiger charge is -2.32. The molecule has 2 aliphatic rings. The van der Waals surface area contributed by atoms with E-state index in [-0.39, 0.29) is 5.41 Å². The molecule has 7 nitrogen and oxygen atoms in total. The maximum Gasteiger partial charge on any atom is 0.233 e. The zero-order valence-electron chi connectivity index (χ0n) is 18.1. The minimum atomic E-state index is 0.00415. The van der Waals surface area contributed by atoms with Crippen LogP contribution in [0.5, 0.6) is 5.88 Å². The van der Waals surface area contributed by atoms with Gasteiger partial charge >= 0.3 is 0 Å². The van der Waals surface area contributed by atoms with E-state index in [0.717, 1.165) is 43.0 Å². The van der Waals surface area contributed by atoms with Crippen LogP contribution in [0.2, 0.25) is 0 Å². The number of nitrogens with zero attached hydrogens (tertiary/aromatic N) is 6. The normalized spacial score (nSPS) is 18.2. The molecule has 1 aliphatic carbocycles. The fraction of sp³-hybridized carbons (Fsp3) is 0.565. The van der Waals surface area contributed by atoms with Crippen molar-refractivity contribution in [2.24, 2.45) is 5.92 Å². The van der Waals surface area contributed by atoms with Gasteiger partial charge in [-0.05, 0) is 43.7 Å². The third kappa shape index (κ3) is 3.98. The van der Waals surface area contributed by atoms with Gasteiger partial charge in [-0.3, -0.25) is 0 Å². The first kappa shape index (κ1) is 19.3. The third-order valence-electron chi connectivity index (χ3n) is 6.17. The molecule has 0 bridgehead atoms. The molecule has 1 saturated heterocycles. The number of aromatic nitrogens is 5. The van der Waals surface area contributed by atoms with Crippen LogP contribution in [0.15, 0.2) is 30.6 Å². The van der Waals surface area contributed by atoms with Crippen LogP contribution in [0.3, 0.4) is 0 Å². The molecule has 3 aromatic rings. The fourth-order valence-electron chi connectivity index (χ4n) is 4.06. The molecule has 0 unspecified atom stereocenters. The number of hydrogen-bond acceptors (Lipinski definition) is 6. The highest BCUT2D eigenvalue weighted by Crippen LogP contribution is 2.40. The van der Waals surface area contributed by atoms with Crippen molar-refractivity contribution in [3.63, 3.8) is 0 Å². The molecule has 0 spiro atoms. The Kier molecular flexibility index (Phi) is 4.83. The van der Waals surface area contributed by atoms with Crippen LogP contribution >= 0.6 is 0 Å². The highest BCUT2D eigenvalue weighted by atomic mass is 16.5. The molecule has 30 heavy (non-hydrogen) atoms. The number of ether oxygens (including phenoxy) is 1. The van der Waals surface area contributed by atoms with Crippen LogP contribution < -0.4 is 9.64 Å². The summed E-state index contributed by atoms with van der Waals surface area (Å²) in [4.78, 5) is 7.08. The second kappa shape index (κ2) is 7.52. The third-order valence-corrected chi connectivity index (χ3v) is 6.17. The molecule has 7 heteroatoms. The Labute approximate surface area is 177 Å². The molecule has 4 heterocycles. The molecule has 5 rings (SSSR count). The number of anilines is 1. The van der Waals surface area contributed by atoms with E-state index in [2.05, 4.69) is 46.9 Å². The van der Waals surface area contributed by atoms with Gasteiger partial charge in [0.05, 0.1) is 18.0 Å². The molecule has 0 aromatic carbocycles. The van der Waals surface area contributed by atoms with Gasteiger partial charge in [0.25, 0.3) is 0 Å². The largest absolute Gasteiger partial charge is 0.476 e. The van der Waals surface area contributed by atoms with Crippen molar-refractivity contribution < 1.29 is 4.74 Å². The Morgan fingerprint density at radius 3 is 2.53 bits per heavy atom. The van der Waals surface area contributed by atoms with Crippen LogP contribution in [0.4, 0.5) is 5.82 Å². The van der Waals surface area contributed by atoms with Gasteiger partial charge in [-0.2, -0.15) is 10.2 Å². The highest BCUT2D eigenvalue weighted by Gasteiger charge is 2.28. The Bertz CT molecular complexity index is 1010. The smallest absolute Gasteiger partial charge is 0.233 e. The molecule has 0 N–H and O–H groups in total. The summed E-state index contributed by atoms with van der Waals surface area (Å²) in [6, 6.07) is 6.18. The average molecular weight is 407 g/mol. The summed E-state index contributed by atoms with van der Waals surface area (Å²) >= 11 is 0. The number of hydrogen-bond donors (Lipinski definition) is 0. The summed E-state index contributed by atoms with van der Waals surface area (Å²) in [6.07, 6.45) is 8.51. The van der Waals surface area contributed by atoms with E-state index in [4.69, 9.17) is 9.84 Å². The van der Waals surface area contributed by atoms with Crippen molar-refractivity contribution in [3.05, 3.63) is 42.0 Å². The first-order valence-corrected chi connectivity index (χ1v) is 11.0. The van der Waals surface area contributed by atoms with Gasteiger partial charge in [0.15, 0.2) is 5.82 Å². The standard InChI is InChI=1S/C23H30N6O/c1-23(2,3)20-6-7-21(26-25-20)30-15-16-8-11-28(12-9-16)22-19-14-18(17-4-5-17)27-29(19)13-10-24-22/h6-7,10,13-14,16-17H,4-5,8-9,11-12,15H2,1-3H3. The zero-order valence-corrected chi connectivity index (χ0v) is 18.1. The summed E-state index contributed by atoms with van der Waals surface area (Å²) in [5.41, 5.74) is 3.33. The zero-order chi connectivity index (χ0) is 20.7. The first-order chi connectivity index (χ1) is 14.5. The van der Waals surface area contributed by atoms with Crippen molar-refractivity contribution >= 4 is 11.3 Å². The summed E-state index contributed by atoms with van der Waals surface area (Å²) in [7, 11) is 0. The molecule has 1 saturated carbocycles. The predicted octanol–water partition coefficient (Wildman–Crippen LogP) is 3.99. The van der Waals surface area contributed by atoms with Crippen molar-refractivity contribution in [1.82, 2.24) is 24.8 Å². The highest BCUT2D eigenvalue weighted by molar-refractivity contribution is 5.69. The lowest BCUT2D eigenvalue weighted by atomic mass is 9.92. The van der Waals surface area contributed by atoms with Crippen molar-refractivity contribution in [3.8, 4) is 5.88 Å². The van der Waals surface area contributed by atoms with E-state index >= 15 is 0 Å². The van der Waals surface area contributed by atoms with E-state index in [1.54, 1.807) is 0 Å². The lowest BCUT2D eigenvalue weighted by Crippen LogP contribution is -2.36. The van der Waals surface area contributed by atoms with Gasteiger partial charge < -0.3 is 9.64 Å². The number of fused-ring (bicyclic) bond motifs is 1. The Hall–Kier alpha value is -2.70. The second-order valence-corrected chi connectivity index (χ2v) is 9.67. The van der Waals surface area contributed by atoms with E-state index < -0.39 is 0 Å². The quantitative estimate of drug-likeness (QED) is 0.638. The van der Waals surface area contributed by atoms with Crippen LogP contribution in [0.25, 0.3) is 5.52 Å². The predicted molar refractivity (Wildman–Crippen MR) is 116 cm³/mol. The van der Waals surface area contributed by atoms with Crippen LogP contribution in [-0.2, 0) is 5.41 Å². The van der Waals surface area contributed by atoms with E-state index in [9.17, 15) is 0 Å². The van der Waals surface area contributed by atoms with Crippen LogP contribution in [-0.4, -0.2) is 44.5 Å². The van der Waals surface area contributed by atoms with Crippen molar-refractivity contribution in [2.45, 2.75) is 57.8 Å². The van der Waals surface area contributed by atoms with Crippen molar-refractivity contribution in [2.75, 3.05) is 24.6 Å². The van der Waals surface area contributed by atoms with Gasteiger partial charge in [-0.25, -0.2) is 9.50 Å². The van der Waals surface area contributed by atoms with Gasteiger partial charge in [-0.1, -0.05) is 20.8 Å². The Morgan fingerprint density at radius 2 is 1.87 bits per heavy atom. The monoisotopic (exact) mass is 406 g/mol. The van der Waals surface area contributed by atoms with Gasteiger partial charge in [0, 0.05) is 42.9 Å². The van der Waals surface area contributed by atoms with E-state index in [1.807, 2.05) is 29.0 Å². The topological polar surface area (TPSA) is 68.4 Å². The summed E-state index contributed by atoms with van der Waals surface area (Å²) in [6.45, 7) is 9.07. The molecular weight excluding hydrogens is 376 g/mol. The van der Waals surface area contributed by atoms with Gasteiger partial charge in [-0.15, -0.1) is 5.10 Å². The minimum absolute atomic E-state index is 0.00415. The van der Waals surface area contributed by atoms with Crippen molar-refractivity contribution in [1.29, 1.82) is 0 Å². The fourth-order valence-corrected chi connectivity index (χ4v) is 4.06. The Balaban J connectivity index is 1.18. The molecule has 2 fully saturated rings. The number of rotatable bonds is 5. The molecule has 158 valence electrons. The molecule has 3 aromatic heterocycles. The molecule has 0 amide bonds. The molecule has 1 aliphatic heterocycles. The molecule has 0 radical (unpaired) electrons. The molecular formula is C23H30N6O. The maximum atomic E-state index is 5.94.